The van der Waals surface area contributed by atoms with E-state index in [0.29, 0.717) is 11.7 Å². The molecule has 2 heterocycles. The second-order valence-electron chi connectivity index (χ2n) is 5.30. The van der Waals surface area contributed by atoms with E-state index in [2.05, 4.69) is 5.32 Å². The number of carbonyl (C=O) groups excluding carboxylic acids is 1. The second kappa shape index (κ2) is 4.01. The lowest BCUT2D eigenvalue weighted by atomic mass is 9.86. The smallest absolute Gasteiger partial charge is 0.135 e. The van der Waals surface area contributed by atoms with Crippen LogP contribution >= 0.6 is 0 Å². The van der Waals surface area contributed by atoms with Gasteiger partial charge in [-0.25, -0.2) is 0 Å². The lowest BCUT2D eigenvalue weighted by Crippen LogP contribution is -2.38. The van der Waals surface area contributed by atoms with Gasteiger partial charge in [-0.2, -0.15) is 0 Å². The summed E-state index contributed by atoms with van der Waals surface area (Å²) in [6.45, 7) is 4.02. The fraction of sp³-hybridized carbons (Fsp3) is 0.917. The Kier molecular flexibility index (Phi) is 2.91. The first-order chi connectivity index (χ1) is 6.65. The first kappa shape index (κ1) is 10.2. The minimum atomic E-state index is 0.225. The van der Waals surface area contributed by atoms with Crippen LogP contribution in [0.3, 0.4) is 0 Å². The van der Waals surface area contributed by atoms with Crippen LogP contribution < -0.4 is 5.32 Å². The Bertz CT molecular complexity index is 212. The molecule has 0 saturated carbocycles. The largest absolute Gasteiger partial charge is 0.311 e. The van der Waals surface area contributed by atoms with Gasteiger partial charge in [-0.15, -0.1) is 0 Å². The summed E-state index contributed by atoms with van der Waals surface area (Å²) in [5.74, 6) is 1.35. The number of ketones is 1. The van der Waals surface area contributed by atoms with E-state index >= 15 is 0 Å². The van der Waals surface area contributed by atoms with Crippen molar-refractivity contribution in [3.05, 3.63) is 0 Å². The molecule has 1 N–H and O–H groups in total. The van der Waals surface area contributed by atoms with Crippen molar-refractivity contribution >= 4 is 5.78 Å². The molecular weight excluding hydrogens is 174 g/mol. The minimum Gasteiger partial charge on any atom is -0.311 e. The number of nitrogens with one attached hydrogen (secondary N) is 1. The van der Waals surface area contributed by atoms with E-state index in [4.69, 9.17) is 0 Å². The molecule has 2 aliphatic heterocycles. The Balaban J connectivity index is 1.85. The van der Waals surface area contributed by atoms with Gasteiger partial charge < -0.3 is 5.32 Å². The average molecular weight is 195 g/mol. The van der Waals surface area contributed by atoms with Crippen molar-refractivity contribution in [1.29, 1.82) is 0 Å². The number of rotatable bonds is 3. The molecule has 2 bridgehead atoms. The predicted octanol–water partition coefficient (Wildman–Crippen LogP) is 2.13. The maximum absolute atomic E-state index is 11.6. The molecule has 2 aliphatic rings. The first-order valence-corrected chi connectivity index (χ1v) is 5.94. The van der Waals surface area contributed by atoms with Gasteiger partial charge in [0, 0.05) is 24.4 Å². The van der Waals surface area contributed by atoms with E-state index in [1.807, 2.05) is 13.8 Å². The van der Waals surface area contributed by atoms with Crippen LogP contribution in [0, 0.1) is 11.8 Å². The second-order valence-corrected chi connectivity index (χ2v) is 5.30. The van der Waals surface area contributed by atoms with Gasteiger partial charge in [0.1, 0.15) is 5.78 Å². The first-order valence-electron chi connectivity index (χ1n) is 5.94. The highest BCUT2D eigenvalue weighted by Crippen LogP contribution is 2.33. The van der Waals surface area contributed by atoms with Crippen LogP contribution in [0.2, 0.25) is 0 Å². The van der Waals surface area contributed by atoms with E-state index in [9.17, 15) is 4.79 Å². The molecule has 0 spiro atoms. The van der Waals surface area contributed by atoms with E-state index in [-0.39, 0.29) is 5.92 Å². The molecule has 80 valence electrons. The molecule has 2 atom stereocenters. The summed E-state index contributed by atoms with van der Waals surface area (Å²) in [6, 6.07) is 1.44. The third-order valence-electron chi connectivity index (χ3n) is 3.70. The van der Waals surface area contributed by atoms with E-state index in [1.165, 1.54) is 25.7 Å². The fourth-order valence-corrected chi connectivity index (χ4v) is 2.86. The van der Waals surface area contributed by atoms with E-state index < -0.39 is 0 Å². The number of fused-ring (bicyclic) bond motifs is 2. The maximum Gasteiger partial charge on any atom is 0.135 e. The molecule has 0 amide bonds. The van der Waals surface area contributed by atoms with Gasteiger partial charge in [0.05, 0.1) is 0 Å². The van der Waals surface area contributed by atoms with Crippen molar-refractivity contribution in [3.8, 4) is 0 Å². The number of hydrogen-bond acceptors (Lipinski definition) is 2. The molecule has 2 heteroatoms. The Morgan fingerprint density at radius 2 is 1.86 bits per heavy atom. The normalized spacial score (nSPS) is 36.4. The molecule has 2 rings (SSSR count). The summed E-state index contributed by atoms with van der Waals surface area (Å²) in [6.07, 6.45) is 5.95. The molecule has 0 radical (unpaired) electrons. The Morgan fingerprint density at radius 1 is 1.29 bits per heavy atom. The highest BCUT2D eigenvalue weighted by molar-refractivity contribution is 5.80. The predicted molar refractivity (Wildman–Crippen MR) is 57.1 cm³/mol. The molecular formula is C12H21NO. The van der Waals surface area contributed by atoms with Crippen LogP contribution in [-0.2, 0) is 4.79 Å². The van der Waals surface area contributed by atoms with Crippen LogP contribution in [0.1, 0.15) is 46.0 Å². The molecule has 0 aromatic rings. The molecule has 2 unspecified atom stereocenters. The Hall–Kier alpha value is -0.370. The third kappa shape index (κ3) is 2.17. The van der Waals surface area contributed by atoms with Crippen molar-refractivity contribution in [2.75, 3.05) is 0 Å². The Labute approximate surface area is 86.5 Å². The van der Waals surface area contributed by atoms with Gasteiger partial charge >= 0.3 is 0 Å². The van der Waals surface area contributed by atoms with Gasteiger partial charge in [0.2, 0.25) is 0 Å². The highest BCUT2D eigenvalue weighted by atomic mass is 16.1. The maximum atomic E-state index is 11.6. The zero-order valence-corrected chi connectivity index (χ0v) is 9.25. The van der Waals surface area contributed by atoms with Crippen molar-refractivity contribution in [2.45, 2.75) is 58.0 Å². The summed E-state index contributed by atoms with van der Waals surface area (Å²) in [7, 11) is 0. The van der Waals surface area contributed by atoms with Crippen molar-refractivity contribution < 1.29 is 4.79 Å². The molecule has 2 fully saturated rings. The van der Waals surface area contributed by atoms with Crippen LogP contribution in [0.4, 0.5) is 0 Å². The van der Waals surface area contributed by atoms with Gasteiger partial charge in [0.15, 0.2) is 0 Å². The van der Waals surface area contributed by atoms with Gasteiger partial charge in [-0.3, -0.25) is 4.79 Å². The molecule has 14 heavy (non-hydrogen) atoms. The van der Waals surface area contributed by atoms with E-state index in [1.54, 1.807) is 0 Å². The van der Waals surface area contributed by atoms with Crippen LogP contribution in [-0.4, -0.2) is 17.9 Å². The summed E-state index contributed by atoms with van der Waals surface area (Å²) < 4.78 is 0. The molecule has 2 saturated heterocycles. The SMILES string of the molecule is CC(C)C(=O)CC1CC2CCC(C1)N2. The molecule has 0 aromatic carbocycles. The number of hydrogen-bond donors (Lipinski definition) is 1. The number of piperidine rings is 1. The average Bonchev–Trinajstić information content (AvgIpc) is 2.45. The van der Waals surface area contributed by atoms with Crippen molar-refractivity contribution in [1.82, 2.24) is 5.32 Å². The lowest BCUT2D eigenvalue weighted by Gasteiger charge is -2.28. The third-order valence-corrected chi connectivity index (χ3v) is 3.70. The minimum absolute atomic E-state index is 0.225. The fourth-order valence-electron chi connectivity index (χ4n) is 2.86. The molecule has 2 nitrogen and oxygen atoms in total. The molecule has 0 aliphatic carbocycles. The zero-order valence-electron chi connectivity index (χ0n) is 9.25. The van der Waals surface area contributed by atoms with Gasteiger partial charge in [-0.05, 0) is 31.6 Å². The van der Waals surface area contributed by atoms with Crippen LogP contribution in [0.25, 0.3) is 0 Å². The zero-order chi connectivity index (χ0) is 10.1. The highest BCUT2D eigenvalue weighted by Gasteiger charge is 2.34. The summed E-state index contributed by atoms with van der Waals surface area (Å²) in [4.78, 5) is 11.6. The van der Waals surface area contributed by atoms with Crippen LogP contribution in [0.5, 0.6) is 0 Å². The van der Waals surface area contributed by atoms with Crippen molar-refractivity contribution in [2.24, 2.45) is 11.8 Å². The summed E-state index contributed by atoms with van der Waals surface area (Å²) in [5.41, 5.74) is 0. The number of carbonyl (C=O) groups is 1. The summed E-state index contributed by atoms with van der Waals surface area (Å²) >= 11 is 0. The van der Waals surface area contributed by atoms with E-state index in [0.717, 1.165) is 18.5 Å². The van der Waals surface area contributed by atoms with Gasteiger partial charge in [-0.1, -0.05) is 13.8 Å². The monoisotopic (exact) mass is 195 g/mol. The Morgan fingerprint density at radius 3 is 2.36 bits per heavy atom. The topological polar surface area (TPSA) is 29.1 Å². The van der Waals surface area contributed by atoms with Gasteiger partial charge in [0.25, 0.3) is 0 Å². The molecule has 0 aromatic heterocycles. The summed E-state index contributed by atoms with van der Waals surface area (Å²) in [5, 5.41) is 3.61. The van der Waals surface area contributed by atoms with Crippen LogP contribution in [0.15, 0.2) is 0 Å². The standard InChI is InChI=1S/C12H21NO/c1-8(2)12(14)7-9-5-10-3-4-11(6-9)13-10/h8-11,13H,3-7H2,1-2H3. The lowest BCUT2D eigenvalue weighted by molar-refractivity contribution is -0.123. The van der Waals surface area contributed by atoms with Crippen molar-refractivity contribution in [3.63, 3.8) is 0 Å². The quantitative estimate of drug-likeness (QED) is 0.747. The number of Topliss-reactive ketones (excluding diaryl/α,β-unsaturated/α-hetero) is 1.